The number of aromatic nitrogens is 3. The molecule has 2 amide bonds. The van der Waals surface area contributed by atoms with Gasteiger partial charge in [0.2, 0.25) is 0 Å². The molecular formula is C14H19N5OS. The molecule has 7 heteroatoms. The molecule has 0 radical (unpaired) electrons. The van der Waals surface area contributed by atoms with Crippen LogP contribution in [0.5, 0.6) is 0 Å². The predicted octanol–water partition coefficient (Wildman–Crippen LogP) is 2.60. The summed E-state index contributed by atoms with van der Waals surface area (Å²) in [7, 11) is 1.85. The number of rotatable bonds is 2. The Labute approximate surface area is 127 Å². The molecule has 112 valence electrons. The summed E-state index contributed by atoms with van der Waals surface area (Å²) in [4.78, 5) is 18.5. The fraction of sp³-hybridized carbons (Fsp3) is 0.500. The van der Waals surface area contributed by atoms with Crippen LogP contribution in [0.4, 0.5) is 10.5 Å². The maximum Gasteiger partial charge on any atom is 0.321 e. The SMILES string of the molecule is Cc1nn(C)cc1NC(=O)N1CCC(c2nccs2)CC1. The van der Waals surface area contributed by atoms with Gasteiger partial charge < -0.3 is 10.2 Å². The van der Waals surface area contributed by atoms with Gasteiger partial charge in [0.15, 0.2) is 0 Å². The number of carbonyl (C=O) groups excluding carboxylic acids is 1. The first-order chi connectivity index (χ1) is 10.1. The molecule has 2 aromatic heterocycles. The van der Waals surface area contributed by atoms with E-state index < -0.39 is 0 Å². The van der Waals surface area contributed by atoms with E-state index in [1.54, 1.807) is 16.0 Å². The zero-order chi connectivity index (χ0) is 14.8. The van der Waals surface area contributed by atoms with E-state index in [-0.39, 0.29) is 6.03 Å². The normalized spacial score (nSPS) is 16.2. The molecule has 0 aliphatic carbocycles. The van der Waals surface area contributed by atoms with E-state index in [4.69, 9.17) is 0 Å². The van der Waals surface area contributed by atoms with Gasteiger partial charge in [-0.3, -0.25) is 4.68 Å². The van der Waals surface area contributed by atoms with Gasteiger partial charge in [0, 0.05) is 43.8 Å². The summed E-state index contributed by atoms with van der Waals surface area (Å²) < 4.78 is 1.71. The van der Waals surface area contributed by atoms with Crippen molar-refractivity contribution >= 4 is 23.1 Å². The van der Waals surface area contributed by atoms with Crippen molar-refractivity contribution in [1.82, 2.24) is 19.7 Å². The summed E-state index contributed by atoms with van der Waals surface area (Å²) >= 11 is 1.71. The highest BCUT2D eigenvalue weighted by Gasteiger charge is 2.25. The number of nitrogens with zero attached hydrogens (tertiary/aromatic N) is 4. The Morgan fingerprint density at radius 2 is 2.19 bits per heavy atom. The lowest BCUT2D eigenvalue weighted by Crippen LogP contribution is -2.40. The van der Waals surface area contributed by atoms with E-state index >= 15 is 0 Å². The van der Waals surface area contributed by atoms with Crippen molar-refractivity contribution < 1.29 is 4.79 Å². The topological polar surface area (TPSA) is 63.1 Å². The zero-order valence-electron chi connectivity index (χ0n) is 12.2. The largest absolute Gasteiger partial charge is 0.324 e. The molecule has 1 saturated heterocycles. The van der Waals surface area contributed by atoms with E-state index in [0.29, 0.717) is 5.92 Å². The number of piperidine rings is 1. The summed E-state index contributed by atoms with van der Waals surface area (Å²) in [6.07, 6.45) is 5.64. The van der Waals surface area contributed by atoms with Gasteiger partial charge in [-0.2, -0.15) is 5.10 Å². The van der Waals surface area contributed by atoms with E-state index in [1.807, 2.05) is 36.6 Å². The second-order valence-corrected chi connectivity index (χ2v) is 6.29. The summed E-state index contributed by atoms with van der Waals surface area (Å²) in [5.74, 6) is 0.495. The highest BCUT2D eigenvalue weighted by atomic mass is 32.1. The minimum absolute atomic E-state index is 0.0383. The average Bonchev–Trinajstić information content (AvgIpc) is 3.10. The molecule has 1 N–H and O–H groups in total. The molecule has 2 aromatic rings. The lowest BCUT2D eigenvalue weighted by atomic mass is 9.98. The van der Waals surface area contributed by atoms with Crippen molar-refractivity contribution in [3.05, 3.63) is 28.5 Å². The number of nitrogens with one attached hydrogen (secondary N) is 1. The maximum absolute atomic E-state index is 12.3. The molecule has 3 heterocycles. The van der Waals surface area contributed by atoms with Crippen LogP contribution in [0.15, 0.2) is 17.8 Å². The van der Waals surface area contributed by atoms with Gasteiger partial charge in [-0.25, -0.2) is 9.78 Å². The van der Waals surface area contributed by atoms with Gasteiger partial charge in [0.1, 0.15) is 0 Å². The predicted molar refractivity (Wildman–Crippen MR) is 82.6 cm³/mol. The van der Waals surface area contributed by atoms with Crippen molar-refractivity contribution in [2.24, 2.45) is 7.05 Å². The number of carbonyl (C=O) groups is 1. The Kier molecular flexibility index (Phi) is 3.92. The number of aryl methyl sites for hydroxylation is 2. The number of hydrogen-bond acceptors (Lipinski definition) is 4. The molecule has 0 saturated carbocycles. The van der Waals surface area contributed by atoms with Crippen LogP contribution in [0, 0.1) is 6.92 Å². The summed E-state index contributed by atoms with van der Waals surface area (Å²) in [5, 5.41) is 10.4. The highest BCUT2D eigenvalue weighted by Crippen LogP contribution is 2.29. The lowest BCUT2D eigenvalue weighted by molar-refractivity contribution is 0.194. The Balaban J connectivity index is 1.56. The number of thiazole rings is 1. The molecule has 1 aliphatic rings. The standard InChI is InChI=1S/C14H19N5OS/c1-10-12(9-18(2)17-10)16-14(20)19-6-3-11(4-7-19)13-15-5-8-21-13/h5,8-9,11H,3-4,6-7H2,1-2H3,(H,16,20). The van der Waals surface area contributed by atoms with Crippen molar-refractivity contribution in [3.8, 4) is 0 Å². The van der Waals surface area contributed by atoms with Crippen LogP contribution in [-0.2, 0) is 7.05 Å². The van der Waals surface area contributed by atoms with E-state index in [9.17, 15) is 4.79 Å². The average molecular weight is 305 g/mol. The number of amides is 2. The first-order valence-corrected chi connectivity index (χ1v) is 7.97. The molecule has 21 heavy (non-hydrogen) atoms. The minimum atomic E-state index is -0.0383. The van der Waals surface area contributed by atoms with Gasteiger partial charge in [0.25, 0.3) is 0 Å². The number of urea groups is 1. The van der Waals surface area contributed by atoms with E-state index in [0.717, 1.165) is 37.3 Å². The smallest absolute Gasteiger partial charge is 0.321 e. The molecule has 0 atom stereocenters. The summed E-state index contributed by atoms with van der Waals surface area (Å²) in [5.41, 5.74) is 1.62. The summed E-state index contributed by atoms with van der Waals surface area (Å²) in [6.45, 7) is 3.44. The van der Waals surface area contributed by atoms with Gasteiger partial charge in [-0.15, -0.1) is 11.3 Å². The molecule has 3 rings (SSSR count). The van der Waals surface area contributed by atoms with Crippen molar-refractivity contribution in [3.63, 3.8) is 0 Å². The zero-order valence-corrected chi connectivity index (χ0v) is 13.1. The van der Waals surface area contributed by atoms with Gasteiger partial charge in [-0.1, -0.05) is 0 Å². The fourth-order valence-corrected chi connectivity index (χ4v) is 3.49. The van der Waals surface area contributed by atoms with Crippen LogP contribution < -0.4 is 5.32 Å². The van der Waals surface area contributed by atoms with Gasteiger partial charge >= 0.3 is 6.03 Å². The van der Waals surface area contributed by atoms with Crippen molar-refractivity contribution in [2.45, 2.75) is 25.7 Å². The lowest BCUT2D eigenvalue weighted by Gasteiger charge is -2.31. The Hall–Kier alpha value is -1.89. The molecule has 1 aliphatic heterocycles. The number of hydrogen-bond donors (Lipinski definition) is 1. The second-order valence-electron chi connectivity index (χ2n) is 5.36. The third kappa shape index (κ3) is 3.07. The molecule has 0 spiro atoms. The maximum atomic E-state index is 12.3. The molecule has 1 fully saturated rings. The summed E-state index contributed by atoms with van der Waals surface area (Å²) in [6, 6.07) is -0.0383. The molecule has 0 unspecified atom stereocenters. The van der Waals surface area contributed by atoms with Crippen LogP contribution in [0.25, 0.3) is 0 Å². The van der Waals surface area contributed by atoms with Gasteiger partial charge in [-0.05, 0) is 19.8 Å². The van der Waals surface area contributed by atoms with Crippen molar-refractivity contribution in [1.29, 1.82) is 0 Å². The second kappa shape index (κ2) is 5.85. The van der Waals surface area contributed by atoms with E-state index in [1.165, 1.54) is 5.01 Å². The molecular weight excluding hydrogens is 286 g/mol. The monoisotopic (exact) mass is 305 g/mol. The molecule has 0 bridgehead atoms. The Morgan fingerprint density at radius 3 is 2.76 bits per heavy atom. The number of anilines is 1. The Morgan fingerprint density at radius 1 is 1.43 bits per heavy atom. The van der Waals surface area contributed by atoms with Crippen LogP contribution in [-0.4, -0.2) is 38.8 Å². The minimum Gasteiger partial charge on any atom is -0.324 e. The molecule has 6 nitrogen and oxygen atoms in total. The third-order valence-corrected chi connectivity index (χ3v) is 4.78. The van der Waals surface area contributed by atoms with Crippen LogP contribution in [0.3, 0.4) is 0 Å². The fourth-order valence-electron chi connectivity index (χ4n) is 2.68. The number of likely N-dealkylation sites (tertiary alicyclic amines) is 1. The van der Waals surface area contributed by atoms with Crippen LogP contribution in [0.1, 0.15) is 29.5 Å². The quantitative estimate of drug-likeness (QED) is 0.927. The first kappa shape index (κ1) is 14.1. The van der Waals surface area contributed by atoms with Crippen molar-refractivity contribution in [2.75, 3.05) is 18.4 Å². The van der Waals surface area contributed by atoms with Crippen LogP contribution in [0.2, 0.25) is 0 Å². The Bertz CT molecular complexity index is 613. The van der Waals surface area contributed by atoms with Crippen LogP contribution >= 0.6 is 11.3 Å². The van der Waals surface area contributed by atoms with E-state index in [2.05, 4.69) is 15.4 Å². The van der Waals surface area contributed by atoms with Gasteiger partial charge in [0.05, 0.1) is 16.4 Å². The first-order valence-electron chi connectivity index (χ1n) is 7.09. The highest BCUT2D eigenvalue weighted by molar-refractivity contribution is 7.09. The molecule has 0 aromatic carbocycles. The third-order valence-electron chi connectivity index (χ3n) is 3.84.